The molecule has 2 heterocycles. The van der Waals surface area contributed by atoms with E-state index in [0.717, 1.165) is 16.9 Å². The Balaban J connectivity index is 1.49. The second-order valence-corrected chi connectivity index (χ2v) is 7.81. The predicted molar refractivity (Wildman–Crippen MR) is 119 cm³/mol. The molecule has 0 aliphatic rings. The minimum atomic E-state index is -0.308. The van der Waals surface area contributed by atoms with Crippen LogP contribution in [0.4, 0.5) is 4.39 Å². The normalized spacial score (nSPS) is 10.8. The number of hydrogen-bond acceptors (Lipinski definition) is 6. The fourth-order valence-corrected chi connectivity index (χ4v) is 3.88. The Morgan fingerprint density at radius 2 is 1.94 bits per heavy atom. The van der Waals surface area contributed by atoms with E-state index in [1.54, 1.807) is 25.5 Å². The number of aromatic nitrogens is 3. The lowest BCUT2D eigenvalue weighted by Crippen LogP contribution is -2.24. The average Bonchev–Trinajstić information content (AvgIpc) is 3.47. The number of rotatable bonds is 9. The van der Waals surface area contributed by atoms with Gasteiger partial charge in [-0.05, 0) is 42.0 Å². The van der Waals surface area contributed by atoms with Crippen molar-refractivity contribution in [3.63, 3.8) is 0 Å². The number of halogens is 1. The van der Waals surface area contributed by atoms with Crippen molar-refractivity contribution < 1.29 is 18.3 Å². The van der Waals surface area contributed by atoms with E-state index in [4.69, 9.17) is 9.15 Å². The van der Waals surface area contributed by atoms with Gasteiger partial charge in [-0.1, -0.05) is 36.0 Å². The Morgan fingerprint density at radius 1 is 1.12 bits per heavy atom. The van der Waals surface area contributed by atoms with Crippen LogP contribution in [0.15, 0.2) is 76.5 Å². The van der Waals surface area contributed by atoms with Crippen LogP contribution in [0.3, 0.4) is 0 Å². The number of methoxy groups -OCH3 is 1. The molecule has 164 valence electrons. The van der Waals surface area contributed by atoms with Crippen LogP contribution in [0.5, 0.6) is 5.75 Å². The van der Waals surface area contributed by atoms with Crippen molar-refractivity contribution in [2.45, 2.75) is 18.2 Å². The Kier molecular flexibility index (Phi) is 6.86. The molecule has 0 saturated heterocycles. The zero-order valence-corrected chi connectivity index (χ0v) is 18.1. The Morgan fingerprint density at radius 3 is 2.69 bits per heavy atom. The van der Waals surface area contributed by atoms with Crippen LogP contribution in [0.25, 0.3) is 11.4 Å². The van der Waals surface area contributed by atoms with E-state index in [1.807, 2.05) is 41.0 Å². The average molecular weight is 453 g/mol. The number of nitrogens with zero attached hydrogens (tertiary/aromatic N) is 3. The predicted octanol–water partition coefficient (Wildman–Crippen LogP) is 4.14. The molecular weight excluding hydrogens is 431 g/mol. The third-order valence-electron chi connectivity index (χ3n) is 4.69. The lowest BCUT2D eigenvalue weighted by atomic mass is 10.2. The van der Waals surface area contributed by atoms with Gasteiger partial charge < -0.3 is 14.5 Å². The van der Waals surface area contributed by atoms with Gasteiger partial charge in [0.2, 0.25) is 5.91 Å². The molecule has 0 saturated carbocycles. The molecule has 7 nitrogen and oxygen atoms in total. The number of thioether (sulfide) groups is 1. The molecule has 0 aliphatic heterocycles. The zero-order chi connectivity index (χ0) is 22.3. The highest BCUT2D eigenvalue weighted by Crippen LogP contribution is 2.31. The monoisotopic (exact) mass is 452 g/mol. The first-order valence-corrected chi connectivity index (χ1v) is 10.9. The molecule has 1 amide bonds. The number of benzene rings is 2. The van der Waals surface area contributed by atoms with Crippen molar-refractivity contribution in [3.05, 3.63) is 84.1 Å². The third-order valence-corrected chi connectivity index (χ3v) is 5.66. The minimum absolute atomic E-state index is 0.156. The number of hydrogen-bond donors (Lipinski definition) is 1. The summed E-state index contributed by atoms with van der Waals surface area (Å²) in [4.78, 5) is 12.4. The fraction of sp³-hybridized carbons (Fsp3) is 0.174. The van der Waals surface area contributed by atoms with E-state index in [-0.39, 0.29) is 17.5 Å². The summed E-state index contributed by atoms with van der Waals surface area (Å²) in [6.07, 6.45) is 1.61. The van der Waals surface area contributed by atoms with Crippen LogP contribution in [0, 0.1) is 5.82 Å². The van der Waals surface area contributed by atoms with Gasteiger partial charge in [0.25, 0.3) is 0 Å². The van der Waals surface area contributed by atoms with Crippen LogP contribution in [0.1, 0.15) is 11.3 Å². The van der Waals surface area contributed by atoms with E-state index < -0.39 is 0 Å². The van der Waals surface area contributed by atoms with Gasteiger partial charge in [0.15, 0.2) is 11.0 Å². The minimum Gasteiger partial charge on any atom is -0.496 e. The topological polar surface area (TPSA) is 82.2 Å². The van der Waals surface area contributed by atoms with Gasteiger partial charge in [-0.3, -0.25) is 9.36 Å². The van der Waals surface area contributed by atoms with Crippen molar-refractivity contribution in [2.75, 3.05) is 12.9 Å². The van der Waals surface area contributed by atoms with Gasteiger partial charge in [-0.2, -0.15) is 0 Å². The van der Waals surface area contributed by atoms with Crippen molar-refractivity contribution in [1.82, 2.24) is 20.1 Å². The summed E-state index contributed by atoms with van der Waals surface area (Å²) in [5.74, 6) is 1.72. The second kappa shape index (κ2) is 10.1. The molecule has 0 bridgehead atoms. The van der Waals surface area contributed by atoms with Crippen LogP contribution in [-0.2, 0) is 17.9 Å². The molecule has 4 rings (SSSR count). The molecular formula is C23H21FN4O3S. The number of amides is 1. The summed E-state index contributed by atoms with van der Waals surface area (Å²) in [6, 6.07) is 17.3. The lowest BCUT2D eigenvalue weighted by Gasteiger charge is -2.11. The summed E-state index contributed by atoms with van der Waals surface area (Å²) in [5, 5.41) is 12.1. The highest BCUT2D eigenvalue weighted by Gasteiger charge is 2.19. The fourth-order valence-electron chi connectivity index (χ4n) is 3.11. The standard InChI is InChI=1S/C23H21FN4O3S/c1-30-20-7-3-2-6-19(20)22-26-27-23(28(22)14-18-5-4-12-31-18)32-15-21(29)25-13-16-8-10-17(24)11-9-16/h2-12H,13-15H2,1H3,(H,25,29). The maximum atomic E-state index is 13.0. The quantitative estimate of drug-likeness (QED) is 0.385. The van der Waals surface area contributed by atoms with E-state index in [1.165, 1.54) is 23.9 Å². The molecule has 4 aromatic rings. The second-order valence-electron chi connectivity index (χ2n) is 6.86. The molecule has 0 atom stereocenters. The summed E-state index contributed by atoms with van der Waals surface area (Å²) < 4.78 is 25.9. The molecule has 9 heteroatoms. The smallest absolute Gasteiger partial charge is 0.230 e. The SMILES string of the molecule is COc1ccccc1-c1nnc(SCC(=O)NCc2ccc(F)cc2)n1Cc1ccco1. The van der Waals surface area contributed by atoms with Gasteiger partial charge in [0, 0.05) is 6.54 Å². The van der Waals surface area contributed by atoms with E-state index in [0.29, 0.717) is 29.8 Å². The number of carbonyl (C=O) groups is 1. The van der Waals surface area contributed by atoms with Crippen LogP contribution < -0.4 is 10.1 Å². The number of para-hydroxylation sites is 1. The first-order valence-electron chi connectivity index (χ1n) is 9.87. The molecule has 0 fully saturated rings. The Bertz CT molecular complexity index is 1180. The molecule has 0 radical (unpaired) electrons. The van der Waals surface area contributed by atoms with E-state index in [9.17, 15) is 9.18 Å². The van der Waals surface area contributed by atoms with E-state index >= 15 is 0 Å². The molecule has 2 aromatic heterocycles. The summed E-state index contributed by atoms with van der Waals surface area (Å²) in [6.45, 7) is 0.734. The van der Waals surface area contributed by atoms with Crippen LogP contribution in [-0.4, -0.2) is 33.5 Å². The summed E-state index contributed by atoms with van der Waals surface area (Å²) >= 11 is 1.28. The number of carbonyl (C=O) groups excluding carboxylic acids is 1. The van der Waals surface area contributed by atoms with E-state index in [2.05, 4.69) is 15.5 Å². The zero-order valence-electron chi connectivity index (χ0n) is 17.3. The van der Waals surface area contributed by atoms with Crippen molar-refractivity contribution in [2.24, 2.45) is 0 Å². The first kappa shape index (κ1) is 21.6. The van der Waals surface area contributed by atoms with Crippen LogP contribution in [0.2, 0.25) is 0 Å². The van der Waals surface area contributed by atoms with Gasteiger partial charge >= 0.3 is 0 Å². The molecule has 1 N–H and O–H groups in total. The van der Waals surface area contributed by atoms with Gasteiger partial charge in [-0.15, -0.1) is 10.2 Å². The van der Waals surface area contributed by atoms with Gasteiger partial charge in [-0.25, -0.2) is 4.39 Å². The molecule has 0 unspecified atom stereocenters. The summed E-state index contributed by atoms with van der Waals surface area (Å²) in [7, 11) is 1.60. The van der Waals surface area contributed by atoms with Crippen molar-refractivity contribution in [3.8, 4) is 17.1 Å². The molecule has 32 heavy (non-hydrogen) atoms. The Hall–Kier alpha value is -3.59. The van der Waals surface area contributed by atoms with Gasteiger partial charge in [0.1, 0.15) is 17.3 Å². The first-order chi connectivity index (χ1) is 15.6. The number of ether oxygens (including phenoxy) is 1. The highest BCUT2D eigenvalue weighted by atomic mass is 32.2. The molecule has 2 aromatic carbocycles. The maximum Gasteiger partial charge on any atom is 0.230 e. The largest absolute Gasteiger partial charge is 0.496 e. The third kappa shape index (κ3) is 5.17. The number of nitrogens with one attached hydrogen (secondary N) is 1. The number of furan rings is 1. The maximum absolute atomic E-state index is 13.0. The van der Waals surface area contributed by atoms with Crippen LogP contribution >= 0.6 is 11.8 Å². The molecule has 0 aliphatic carbocycles. The lowest BCUT2D eigenvalue weighted by molar-refractivity contribution is -0.118. The molecule has 0 spiro atoms. The van der Waals surface area contributed by atoms with Crippen molar-refractivity contribution >= 4 is 17.7 Å². The Labute approximate surface area is 188 Å². The summed E-state index contributed by atoms with van der Waals surface area (Å²) in [5.41, 5.74) is 1.62. The van der Waals surface area contributed by atoms with Crippen molar-refractivity contribution in [1.29, 1.82) is 0 Å². The highest BCUT2D eigenvalue weighted by molar-refractivity contribution is 7.99. The van der Waals surface area contributed by atoms with Gasteiger partial charge in [0.05, 0.1) is 31.2 Å².